The monoisotopic (exact) mass is 740 g/mol. The van der Waals surface area contributed by atoms with Crippen LogP contribution >= 0.6 is 7.82 Å². The van der Waals surface area contributed by atoms with Crippen molar-refractivity contribution in [2.24, 2.45) is 0 Å². The van der Waals surface area contributed by atoms with E-state index in [1.807, 2.05) is 33.3 Å². The standard InChI is InChI=1S/C41H75N2O7P/c1-6-8-9-10-11-12-16-20-23-26-29-33-40(45)39(37-50-51(47,48)49-36-35-43(3,4)5)42-41(46)34-30-27-24-21-18-15-13-14-17-19-22-25-28-32-38(44)31-7-2/h13,15,17,19,21,24-25,28-29,33,38-40,44-45H,6-12,14,16,18,20,22-23,26-27,30-32,34-37H2,1-5H3,(H-,42,46,47,48)/p+1/b15-13-,19-17-,24-21-,28-25-,33-29+/t38?,39-,40+/m0/s1. The predicted molar refractivity (Wildman–Crippen MR) is 213 cm³/mol. The number of phosphoric acid groups is 1. The van der Waals surface area contributed by atoms with Gasteiger partial charge in [0.25, 0.3) is 0 Å². The fraction of sp³-hybridized carbons (Fsp3) is 0.732. The molecule has 9 nitrogen and oxygen atoms in total. The van der Waals surface area contributed by atoms with Crippen LogP contribution in [-0.4, -0.2) is 84.6 Å². The maximum Gasteiger partial charge on any atom is 0.472 e. The number of likely N-dealkylation sites (N-methyl/N-ethyl adjacent to an activating group) is 1. The number of nitrogens with one attached hydrogen (secondary N) is 1. The molecule has 4 N–H and O–H groups in total. The first kappa shape index (κ1) is 49.2. The summed E-state index contributed by atoms with van der Waals surface area (Å²) in [5.41, 5.74) is 0. The van der Waals surface area contributed by atoms with Gasteiger partial charge in [-0.25, -0.2) is 4.57 Å². The van der Waals surface area contributed by atoms with E-state index in [0.717, 1.165) is 64.2 Å². The zero-order chi connectivity index (χ0) is 38.1. The fourth-order valence-electron chi connectivity index (χ4n) is 5.10. The van der Waals surface area contributed by atoms with Crippen molar-refractivity contribution in [3.8, 4) is 0 Å². The average molecular weight is 740 g/mol. The number of carbonyl (C=O) groups excluding carboxylic acids is 1. The van der Waals surface area contributed by atoms with Gasteiger partial charge < -0.3 is 24.9 Å². The number of aliphatic hydroxyl groups excluding tert-OH is 2. The Morgan fingerprint density at radius 3 is 1.86 bits per heavy atom. The summed E-state index contributed by atoms with van der Waals surface area (Å²) in [6.07, 6.45) is 37.8. The fourth-order valence-corrected chi connectivity index (χ4v) is 5.84. The summed E-state index contributed by atoms with van der Waals surface area (Å²) in [6, 6.07) is -0.885. The highest BCUT2D eigenvalue weighted by Gasteiger charge is 2.27. The number of rotatable bonds is 34. The van der Waals surface area contributed by atoms with E-state index < -0.39 is 20.0 Å². The Kier molecular flexibility index (Phi) is 31.6. The van der Waals surface area contributed by atoms with Crippen LogP contribution < -0.4 is 5.32 Å². The third-order valence-corrected chi connectivity index (χ3v) is 9.27. The van der Waals surface area contributed by atoms with Crippen LogP contribution in [0, 0.1) is 0 Å². The van der Waals surface area contributed by atoms with E-state index in [4.69, 9.17) is 9.05 Å². The summed E-state index contributed by atoms with van der Waals surface area (Å²) < 4.78 is 23.4. The van der Waals surface area contributed by atoms with Crippen molar-refractivity contribution >= 4 is 13.7 Å². The molecule has 296 valence electrons. The molecule has 0 heterocycles. The molecule has 0 saturated heterocycles. The Labute approximate surface area is 312 Å². The van der Waals surface area contributed by atoms with Gasteiger partial charge in [-0.2, -0.15) is 0 Å². The molecule has 0 aliphatic rings. The summed E-state index contributed by atoms with van der Waals surface area (Å²) >= 11 is 0. The Bertz CT molecular complexity index is 1040. The first-order valence-corrected chi connectivity index (χ1v) is 21.2. The highest BCUT2D eigenvalue weighted by molar-refractivity contribution is 7.47. The highest BCUT2D eigenvalue weighted by Crippen LogP contribution is 2.43. The Balaban J connectivity index is 4.63. The van der Waals surface area contributed by atoms with Crippen molar-refractivity contribution in [1.29, 1.82) is 0 Å². The number of amides is 1. The zero-order valence-electron chi connectivity index (χ0n) is 32.9. The van der Waals surface area contributed by atoms with Gasteiger partial charge >= 0.3 is 7.82 Å². The van der Waals surface area contributed by atoms with E-state index in [1.165, 1.54) is 44.9 Å². The number of phosphoric ester groups is 1. The quantitative estimate of drug-likeness (QED) is 0.0224. The molecule has 0 bridgehead atoms. The molecule has 0 fully saturated rings. The molecule has 0 aliphatic carbocycles. The van der Waals surface area contributed by atoms with Gasteiger partial charge in [0.1, 0.15) is 13.2 Å². The third kappa shape index (κ3) is 35.0. The normalized spacial score (nSPS) is 15.8. The van der Waals surface area contributed by atoms with Crippen molar-refractivity contribution in [2.45, 2.75) is 154 Å². The number of unbranched alkanes of at least 4 members (excludes halogenated alkanes) is 10. The van der Waals surface area contributed by atoms with Crippen molar-refractivity contribution in [3.05, 3.63) is 60.8 Å². The lowest BCUT2D eigenvalue weighted by molar-refractivity contribution is -0.870. The summed E-state index contributed by atoms with van der Waals surface area (Å²) in [6.45, 7) is 4.52. The zero-order valence-corrected chi connectivity index (χ0v) is 33.8. The Morgan fingerprint density at radius 2 is 1.27 bits per heavy atom. The number of carbonyl (C=O) groups is 1. The number of hydrogen-bond donors (Lipinski definition) is 4. The summed E-state index contributed by atoms with van der Waals surface area (Å²) in [7, 11) is 1.50. The molecule has 0 aromatic rings. The largest absolute Gasteiger partial charge is 0.472 e. The number of nitrogens with zero attached hydrogens (tertiary/aromatic N) is 1. The molecule has 10 heteroatoms. The second kappa shape index (κ2) is 32.8. The Hall–Kier alpha value is -1.84. The van der Waals surface area contributed by atoms with Crippen LogP contribution in [0.3, 0.4) is 0 Å². The van der Waals surface area contributed by atoms with Crippen LogP contribution in [0.25, 0.3) is 0 Å². The Morgan fingerprint density at radius 1 is 0.725 bits per heavy atom. The molecule has 0 aromatic heterocycles. The van der Waals surface area contributed by atoms with Gasteiger partial charge in [-0.3, -0.25) is 13.8 Å². The second-order valence-corrected chi connectivity index (χ2v) is 15.9. The molecule has 0 spiro atoms. The number of aliphatic hydroxyl groups is 2. The van der Waals surface area contributed by atoms with Crippen LogP contribution in [0.2, 0.25) is 0 Å². The lowest BCUT2D eigenvalue weighted by Crippen LogP contribution is -2.45. The molecular weight excluding hydrogens is 663 g/mol. The van der Waals surface area contributed by atoms with Gasteiger partial charge in [0.05, 0.1) is 46.0 Å². The van der Waals surface area contributed by atoms with Gasteiger partial charge in [-0.15, -0.1) is 0 Å². The molecular formula is C41H76N2O7P+. The van der Waals surface area contributed by atoms with Crippen LogP contribution in [0.15, 0.2) is 60.8 Å². The molecule has 2 unspecified atom stereocenters. The second-order valence-electron chi connectivity index (χ2n) is 14.5. The van der Waals surface area contributed by atoms with E-state index in [2.05, 4.69) is 61.7 Å². The first-order chi connectivity index (χ1) is 24.4. The van der Waals surface area contributed by atoms with Crippen LogP contribution in [0.1, 0.15) is 136 Å². The molecule has 0 aromatic carbocycles. The molecule has 0 radical (unpaired) electrons. The van der Waals surface area contributed by atoms with Gasteiger partial charge in [0.15, 0.2) is 0 Å². The smallest absolute Gasteiger partial charge is 0.393 e. The van der Waals surface area contributed by atoms with E-state index in [-0.39, 0.29) is 31.6 Å². The minimum absolute atomic E-state index is 0.0417. The minimum atomic E-state index is -4.36. The lowest BCUT2D eigenvalue weighted by atomic mass is 10.1. The SMILES string of the molecule is CCCCCCCCCCC/C=C/[C@@H](O)[C@H](COP(=O)(O)OCC[N+](C)(C)C)NC(=O)CCC/C=C\C/C=C\C/C=C\C/C=C\CC(O)CCC. The first-order valence-electron chi connectivity index (χ1n) is 19.7. The van der Waals surface area contributed by atoms with E-state index in [1.54, 1.807) is 6.08 Å². The van der Waals surface area contributed by atoms with Crippen LogP contribution in [0.4, 0.5) is 0 Å². The van der Waals surface area contributed by atoms with Crippen molar-refractivity contribution < 1.29 is 38.0 Å². The molecule has 51 heavy (non-hydrogen) atoms. The molecule has 1 amide bonds. The van der Waals surface area contributed by atoms with Gasteiger partial charge in [0.2, 0.25) is 5.91 Å². The minimum Gasteiger partial charge on any atom is -0.393 e. The summed E-state index contributed by atoms with van der Waals surface area (Å²) in [5, 5.41) is 23.4. The molecule has 0 saturated carbocycles. The van der Waals surface area contributed by atoms with E-state index in [9.17, 15) is 24.5 Å². The topological polar surface area (TPSA) is 125 Å². The maximum atomic E-state index is 12.8. The van der Waals surface area contributed by atoms with Crippen molar-refractivity contribution in [1.82, 2.24) is 5.32 Å². The highest BCUT2D eigenvalue weighted by atomic mass is 31.2. The number of quaternary nitrogens is 1. The third-order valence-electron chi connectivity index (χ3n) is 8.29. The van der Waals surface area contributed by atoms with Crippen molar-refractivity contribution in [2.75, 3.05) is 40.9 Å². The predicted octanol–water partition coefficient (Wildman–Crippen LogP) is 9.27. The maximum absolute atomic E-state index is 12.8. The van der Waals surface area contributed by atoms with Crippen LogP contribution in [0.5, 0.6) is 0 Å². The summed E-state index contributed by atoms with van der Waals surface area (Å²) in [4.78, 5) is 23.0. The molecule has 0 aliphatic heterocycles. The van der Waals surface area contributed by atoms with Gasteiger partial charge in [-0.05, 0) is 57.8 Å². The lowest BCUT2D eigenvalue weighted by Gasteiger charge is -2.25. The molecule has 4 atom stereocenters. The van der Waals surface area contributed by atoms with Gasteiger partial charge in [-0.1, -0.05) is 132 Å². The van der Waals surface area contributed by atoms with Crippen molar-refractivity contribution in [3.63, 3.8) is 0 Å². The number of hydrogen-bond acceptors (Lipinski definition) is 6. The summed E-state index contributed by atoms with van der Waals surface area (Å²) in [5.74, 6) is -0.249. The number of allylic oxidation sites excluding steroid dienone is 8. The van der Waals surface area contributed by atoms with E-state index in [0.29, 0.717) is 17.4 Å². The van der Waals surface area contributed by atoms with Gasteiger partial charge in [0, 0.05) is 6.42 Å². The van der Waals surface area contributed by atoms with E-state index >= 15 is 0 Å². The molecule has 0 rings (SSSR count). The average Bonchev–Trinajstić information content (AvgIpc) is 3.06. The van der Waals surface area contributed by atoms with Crippen LogP contribution in [-0.2, 0) is 18.4 Å².